The molecule has 246 valence electrons. The van der Waals surface area contributed by atoms with Crippen molar-refractivity contribution in [3.63, 3.8) is 0 Å². The van der Waals surface area contributed by atoms with Crippen LogP contribution in [0.1, 0.15) is 56.2 Å². The maximum absolute atomic E-state index is 13.7. The van der Waals surface area contributed by atoms with Crippen molar-refractivity contribution in [3.05, 3.63) is 132 Å². The lowest BCUT2D eigenvalue weighted by atomic mass is 9.83. The molecular weight excluding hydrogens is 629 g/mol. The van der Waals surface area contributed by atoms with E-state index < -0.39 is 11.7 Å². The fraction of sp³-hybridized carbons (Fsp3) is 0.159. The molecule has 0 N–H and O–H groups in total. The van der Waals surface area contributed by atoms with E-state index in [1.165, 1.54) is 49.5 Å². The molecule has 9 aromatic rings. The van der Waals surface area contributed by atoms with Gasteiger partial charge in [0.05, 0.1) is 27.8 Å². The first-order chi connectivity index (χ1) is 24.1. The number of halogens is 3. The molecular formula is C44H33F3N2O. The van der Waals surface area contributed by atoms with Crippen molar-refractivity contribution >= 4 is 65.3 Å². The third kappa shape index (κ3) is 4.40. The standard InChI is InChI=1S/C44H33F3N2O/c1-24(2)34-23-35-29-14-6-5-12-27(29)28-13-7-8-15-31(28)40(35)39(25(3)4)41(34)49-37-19-10-9-18-36(37)48-43(49)33-17-11-16-32-30-21-20-26(44(45,46)47)22-38(30)50-42(32)33/h5-25H,1-4H3. The first-order valence-electron chi connectivity index (χ1n) is 17.0. The Kier molecular flexibility index (Phi) is 6.66. The number of alkyl halides is 3. The predicted octanol–water partition coefficient (Wildman–Crippen LogP) is 13.3. The average Bonchev–Trinajstić information content (AvgIpc) is 3.68. The number of hydrogen-bond donors (Lipinski definition) is 0. The van der Waals surface area contributed by atoms with Gasteiger partial charge in [0, 0.05) is 10.8 Å². The average molecular weight is 663 g/mol. The second-order valence-corrected chi connectivity index (χ2v) is 13.8. The Hall–Kier alpha value is -5.62. The van der Waals surface area contributed by atoms with E-state index in [4.69, 9.17) is 9.40 Å². The van der Waals surface area contributed by atoms with Crippen molar-refractivity contribution in [1.29, 1.82) is 0 Å². The molecule has 2 aromatic heterocycles. The van der Waals surface area contributed by atoms with Crippen molar-refractivity contribution in [3.8, 4) is 17.1 Å². The molecule has 0 amide bonds. The van der Waals surface area contributed by atoms with Crippen LogP contribution in [0.3, 0.4) is 0 Å². The van der Waals surface area contributed by atoms with Crippen LogP contribution >= 0.6 is 0 Å². The Morgan fingerprint density at radius 2 is 1.26 bits per heavy atom. The molecule has 0 spiro atoms. The van der Waals surface area contributed by atoms with Gasteiger partial charge in [-0.1, -0.05) is 100 Å². The van der Waals surface area contributed by atoms with Crippen LogP contribution in [0, 0.1) is 0 Å². The van der Waals surface area contributed by atoms with E-state index >= 15 is 0 Å². The van der Waals surface area contributed by atoms with Crippen LogP contribution in [0.25, 0.3) is 82.4 Å². The highest BCUT2D eigenvalue weighted by Gasteiger charge is 2.32. The normalized spacial score (nSPS) is 12.7. The molecule has 0 aliphatic heterocycles. The van der Waals surface area contributed by atoms with E-state index in [2.05, 4.69) is 92.9 Å². The molecule has 0 saturated carbocycles. The zero-order valence-corrected chi connectivity index (χ0v) is 28.1. The van der Waals surface area contributed by atoms with Gasteiger partial charge in [0.1, 0.15) is 17.0 Å². The lowest BCUT2D eigenvalue weighted by molar-refractivity contribution is -0.137. The number of rotatable bonds is 4. The first-order valence-corrected chi connectivity index (χ1v) is 17.0. The molecule has 0 aliphatic rings. The highest BCUT2D eigenvalue weighted by Crippen LogP contribution is 2.47. The molecule has 0 unspecified atom stereocenters. The summed E-state index contributed by atoms with van der Waals surface area (Å²) in [4.78, 5) is 5.25. The second-order valence-electron chi connectivity index (χ2n) is 13.8. The van der Waals surface area contributed by atoms with E-state index in [1.807, 2.05) is 36.4 Å². The summed E-state index contributed by atoms with van der Waals surface area (Å²) < 4.78 is 49.8. The van der Waals surface area contributed by atoms with Crippen LogP contribution in [0.5, 0.6) is 0 Å². The summed E-state index contributed by atoms with van der Waals surface area (Å²) in [6.07, 6.45) is -4.48. The van der Waals surface area contributed by atoms with E-state index in [1.54, 1.807) is 0 Å². The summed E-state index contributed by atoms with van der Waals surface area (Å²) in [6, 6.07) is 37.3. The predicted molar refractivity (Wildman–Crippen MR) is 199 cm³/mol. The fourth-order valence-electron chi connectivity index (χ4n) is 7.94. The molecule has 0 fully saturated rings. The SMILES string of the molecule is CC(C)c1cc2c3ccccc3c3ccccc3c2c(C(C)C)c1-n1c(-c2cccc3c2oc2cc(C(F)(F)F)ccc23)nc2ccccc21. The summed E-state index contributed by atoms with van der Waals surface area (Å²) >= 11 is 0. The molecule has 0 atom stereocenters. The number of imidazole rings is 1. The van der Waals surface area contributed by atoms with Gasteiger partial charge >= 0.3 is 6.18 Å². The topological polar surface area (TPSA) is 31.0 Å². The van der Waals surface area contributed by atoms with Crippen LogP contribution in [-0.2, 0) is 6.18 Å². The molecule has 0 saturated heterocycles. The van der Waals surface area contributed by atoms with Crippen molar-refractivity contribution in [2.45, 2.75) is 45.7 Å². The number of benzene rings is 7. The van der Waals surface area contributed by atoms with Crippen LogP contribution in [-0.4, -0.2) is 9.55 Å². The molecule has 9 rings (SSSR count). The van der Waals surface area contributed by atoms with Gasteiger partial charge in [-0.15, -0.1) is 0 Å². The Labute approximate surface area is 286 Å². The van der Waals surface area contributed by atoms with Crippen LogP contribution in [0.15, 0.2) is 120 Å². The van der Waals surface area contributed by atoms with Gasteiger partial charge in [0.15, 0.2) is 0 Å². The van der Waals surface area contributed by atoms with E-state index in [0.29, 0.717) is 16.8 Å². The van der Waals surface area contributed by atoms with Gasteiger partial charge < -0.3 is 4.42 Å². The lowest BCUT2D eigenvalue weighted by Crippen LogP contribution is -2.10. The Bertz CT molecular complexity index is 2820. The highest BCUT2D eigenvalue weighted by molar-refractivity contribution is 6.27. The number of hydrogen-bond acceptors (Lipinski definition) is 2. The first kappa shape index (κ1) is 30.4. The molecule has 0 radical (unpaired) electrons. The zero-order chi connectivity index (χ0) is 34.5. The van der Waals surface area contributed by atoms with Gasteiger partial charge in [0.25, 0.3) is 0 Å². The van der Waals surface area contributed by atoms with Crippen molar-refractivity contribution in [1.82, 2.24) is 9.55 Å². The smallest absolute Gasteiger partial charge is 0.416 e. The largest absolute Gasteiger partial charge is 0.455 e. The highest BCUT2D eigenvalue weighted by atomic mass is 19.4. The van der Waals surface area contributed by atoms with E-state index in [9.17, 15) is 13.2 Å². The summed E-state index contributed by atoms with van der Waals surface area (Å²) in [5, 5.41) is 8.68. The van der Waals surface area contributed by atoms with Gasteiger partial charge in [-0.2, -0.15) is 13.2 Å². The zero-order valence-electron chi connectivity index (χ0n) is 28.1. The Balaban J connectivity index is 1.46. The maximum atomic E-state index is 13.7. The summed E-state index contributed by atoms with van der Waals surface area (Å²) in [6.45, 7) is 8.97. The Morgan fingerprint density at radius 1 is 0.620 bits per heavy atom. The van der Waals surface area contributed by atoms with Gasteiger partial charge in [-0.05, 0) is 97.7 Å². The maximum Gasteiger partial charge on any atom is 0.416 e. The molecule has 6 heteroatoms. The number of aromatic nitrogens is 2. The van der Waals surface area contributed by atoms with E-state index in [0.717, 1.165) is 39.8 Å². The number of nitrogens with zero attached hydrogens (tertiary/aromatic N) is 2. The van der Waals surface area contributed by atoms with Crippen LogP contribution < -0.4 is 0 Å². The number of fused-ring (bicyclic) bond motifs is 10. The van der Waals surface area contributed by atoms with Crippen LogP contribution in [0.4, 0.5) is 13.2 Å². The quantitative estimate of drug-likeness (QED) is 0.176. The molecule has 3 nitrogen and oxygen atoms in total. The summed E-state index contributed by atoms with van der Waals surface area (Å²) in [5.74, 6) is 0.974. The molecule has 0 aliphatic carbocycles. The minimum Gasteiger partial charge on any atom is -0.455 e. The fourth-order valence-corrected chi connectivity index (χ4v) is 7.94. The van der Waals surface area contributed by atoms with Gasteiger partial charge in [-0.25, -0.2) is 4.98 Å². The van der Waals surface area contributed by atoms with Crippen LogP contribution in [0.2, 0.25) is 0 Å². The molecule has 7 aromatic carbocycles. The summed E-state index contributed by atoms with van der Waals surface area (Å²) in [5.41, 5.74) is 5.95. The molecule has 0 bridgehead atoms. The number of furan rings is 1. The third-order valence-corrected chi connectivity index (χ3v) is 10.1. The van der Waals surface area contributed by atoms with E-state index in [-0.39, 0.29) is 17.4 Å². The number of para-hydroxylation sites is 3. The minimum atomic E-state index is -4.48. The lowest BCUT2D eigenvalue weighted by Gasteiger charge is -2.26. The molecule has 50 heavy (non-hydrogen) atoms. The molecule has 2 heterocycles. The van der Waals surface area contributed by atoms with Gasteiger partial charge in [-0.3, -0.25) is 4.57 Å². The third-order valence-electron chi connectivity index (χ3n) is 10.1. The monoisotopic (exact) mass is 662 g/mol. The van der Waals surface area contributed by atoms with Gasteiger partial charge in [0.2, 0.25) is 0 Å². The summed E-state index contributed by atoms with van der Waals surface area (Å²) in [7, 11) is 0. The minimum absolute atomic E-state index is 0.132. The van der Waals surface area contributed by atoms with Crippen molar-refractivity contribution < 1.29 is 17.6 Å². The Morgan fingerprint density at radius 3 is 1.96 bits per heavy atom. The van der Waals surface area contributed by atoms with Crippen molar-refractivity contribution in [2.75, 3.05) is 0 Å². The second kappa shape index (κ2) is 10.9. The van der Waals surface area contributed by atoms with Crippen molar-refractivity contribution in [2.24, 2.45) is 0 Å².